The van der Waals surface area contributed by atoms with E-state index in [9.17, 15) is 9.90 Å². The Morgan fingerprint density at radius 1 is 1.11 bits per heavy atom. The van der Waals surface area contributed by atoms with Crippen LogP contribution in [0, 0.1) is 11.3 Å². The zero-order valence-electron chi connectivity index (χ0n) is 22.1. The molecule has 1 aromatic carbocycles. The number of carboxylic acids is 1. The van der Waals surface area contributed by atoms with Gasteiger partial charge >= 0.3 is 5.97 Å². The quantitative estimate of drug-likeness (QED) is 0.554. The number of rotatable bonds is 9. The predicted octanol–water partition coefficient (Wildman–Crippen LogP) is 4.88. The van der Waals surface area contributed by atoms with Crippen LogP contribution in [0.25, 0.3) is 0 Å². The molecule has 0 spiro atoms. The average molecular weight is 481 g/mol. The molecule has 2 fully saturated rings. The number of aliphatic carboxylic acids is 1. The fraction of sp³-hybridized carbons (Fsp3) is 0.655. The van der Waals surface area contributed by atoms with Gasteiger partial charge in [-0.1, -0.05) is 51.1 Å². The lowest BCUT2D eigenvalue weighted by Gasteiger charge is -2.34. The summed E-state index contributed by atoms with van der Waals surface area (Å²) in [5.74, 6) is 0.485. The Morgan fingerprint density at radius 3 is 2.46 bits per heavy atom. The lowest BCUT2D eigenvalue weighted by molar-refractivity contribution is -0.144. The molecule has 3 heterocycles. The maximum absolute atomic E-state index is 11.9. The van der Waals surface area contributed by atoms with Crippen LogP contribution >= 0.6 is 0 Å². The summed E-state index contributed by atoms with van der Waals surface area (Å²) in [5, 5.41) is 14.7. The maximum atomic E-state index is 11.9. The Bertz CT molecular complexity index is 957. The molecule has 6 nitrogen and oxygen atoms in total. The molecule has 2 aliphatic heterocycles. The second kappa shape index (κ2) is 11.3. The van der Waals surface area contributed by atoms with E-state index in [0.29, 0.717) is 18.3 Å². The topological polar surface area (TPSA) is 61.6 Å². The van der Waals surface area contributed by atoms with Gasteiger partial charge in [0.2, 0.25) is 0 Å². The Labute approximate surface area is 211 Å². The molecule has 1 aromatic heterocycles. The van der Waals surface area contributed by atoms with Crippen molar-refractivity contribution in [1.29, 1.82) is 0 Å². The third-order valence-electron chi connectivity index (χ3n) is 7.76. The Hall–Kier alpha value is -2.18. The first-order chi connectivity index (χ1) is 16.7. The van der Waals surface area contributed by atoms with Gasteiger partial charge in [-0.05, 0) is 75.2 Å². The van der Waals surface area contributed by atoms with Gasteiger partial charge in [0, 0.05) is 37.7 Å². The third-order valence-corrected chi connectivity index (χ3v) is 7.76. The molecule has 0 aliphatic carbocycles. The number of aromatic nitrogens is 2. The molecule has 2 aliphatic rings. The van der Waals surface area contributed by atoms with Crippen LogP contribution in [0.2, 0.25) is 0 Å². The number of nitrogens with zero attached hydrogens (tertiary/aromatic N) is 4. The van der Waals surface area contributed by atoms with Crippen molar-refractivity contribution >= 4 is 5.97 Å². The van der Waals surface area contributed by atoms with Gasteiger partial charge in [-0.15, -0.1) is 0 Å². The van der Waals surface area contributed by atoms with E-state index in [2.05, 4.69) is 78.6 Å². The van der Waals surface area contributed by atoms with Crippen LogP contribution in [0.15, 0.2) is 36.4 Å². The maximum Gasteiger partial charge on any atom is 0.320 e. The van der Waals surface area contributed by atoms with E-state index in [0.717, 1.165) is 52.1 Å². The number of likely N-dealkylation sites (tertiary alicyclic amines) is 2. The minimum atomic E-state index is -0.666. The van der Waals surface area contributed by atoms with Crippen molar-refractivity contribution in [2.75, 3.05) is 32.7 Å². The highest BCUT2D eigenvalue weighted by Gasteiger charge is 2.36. The largest absolute Gasteiger partial charge is 0.480 e. The first kappa shape index (κ1) is 25.9. The zero-order chi connectivity index (χ0) is 25.0. The van der Waals surface area contributed by atoms with Crippen LogP contribution in [0.3, 0.4) is 0 Å². The van der Waals surface area contributed by atoms with E-state index in [1.165, 1.54) is 29.8 Å². The standard InChI is InChI=1S/C29H44N4O2/c1-5-33-26(18-25(30-33)17-22-9-7-6-8-10-22)24-12-14-31(15-13-24)20-23-11-16-32(21-23)27(28(34)35)19-29(2,3)4/h6-10,18,23-24,27H,5,11-17,19-21H2,1-4H3,(H,34,35). The number of carboxylic acid groups (broad SMARTS) is 1. The van der Waals surface area contributed by atoms with Gasteiger partial charge < -0.3 is 10.0 Å². The van der Waals surface area contributed by atoms with Crippen LogP contribution in [0.4, 0.5) is 0 Å². The summed E-state index contributed by atoms with van der Waals surface area (Å²) in [7, 11) is 0. The highest BCUT2D eigenvalue weighted by molar-refractivity contribution is 5.73. The van der Waals surface area contributed by atoms with Crippen molar-refractivity contribution in [3.05, 3.63) is 53.3 Å². The van der Waals surface area contributed by atoms with E-state index in [4.69, 9.17) is 5.10 Å². The summed E-state index contributed by atoms with van der Waals surface area (Å²) in [4.78, 5) is 16.8. The molecule has 192 valence electrons. The average Bonchev–Trinajstić information content (AvgIpc) is 3.45. The molecule has 35 heavy (non-hydrogen) atoms. The lowest BCUT2D eigenvalue weighted by atomic mass is 9.87. The molecule has 0 saturated carbocycles. The zero-order valence-corrected chi connectivity index (χ0v) is 22.1. The number of hydrogen-bond acceptors (Lipinski definition) is 4. The third kappa shape index (κ3) is 6.95. The lowest BCUT2D eigenvalue weighted by Crippen LogP contribution is -2.43. The Balaban J connectivity index is 1.29. The Morgan fingerprint density at radius 2 is 1.83 bits per heavy atom. The molecule has 2 atom stereocenters. The van der Waals surface area contributed by atoms with Crippen LogP contribution in [0.1, 0.15) is 76.2 Å². The number of carbonyl (C=O) groups is 1. The van der Waals surface area contributed by atoms with Crippen molar-refractivity contribution in [2.45, 2.75) is 78.3 Å². The number of benzene rings is 1. The first-order valence-electron chi connectivity index (χ1n) is 13.5. The molecule has 1 N–H and O–H groups in total. The molecule has 4 rings (SSSR count). The summed E-state index contributed by atoms with van der Waals surface area (Å²) in [6.07, 6.45) is 5.06. The molecule has 0 radical (unpaired) electrons. The molecule has 6 heteroatoms. The Kier molecular flexibility index (Phi) is 8.33. The first-order valence-corrected chi connectivity index (χ1v) is 13.5. The summed E-state index contributed by atoms with van der Waals surface area (Å²) in [6.45, 7) is 14.7. The molecule has 2 saturated heterocycles. The van der Waals surface area contributed by atoms with Gasteiger partial charge in [0.25, 0.3) is 0 Å². The predicted molar refractivity (Wildman–Crippen MR) is 141 cm³/mol. The molecule has 0 amide bonds. The monoisotopic (exact) mass is 480 g/mol. The van der Waals surface area contributed by atoms with Gasteiger partial charge in [-0.2, -0.15) is 5.10 Å². The van der Waals surface area contributed by atoms with Crippen molar-refractivity contribution in [3.63, 3.8) is 0 Å². The minimum absolute atomic E-state index is 0.0228. The van der Waals surface area contributed by atoms with Gasteiger partial charge in [0.1, 0.15) is 6.04 Å². The number of aryl methyl sites for hydroxylation is 1. The minimum Gasteiger partial charge on any atom is -0.480 e. The summed E-state index contributed by atoms with van der Waals surface area (Å²) in [6, 6.07) is 12.6. The van der Waals surface area contributed by atoms with E-state index >= 15 is 0 Å². The van der Waals surface area contributed by atoms with E-state index in [-0.39, 0.29) is 11.5 Å². The van der Waals surface area contributed by atoms with Crippen molar-refractivity contribution in [3.8, 4) is 0 Å². The van der Waals surface area contributed by atoms with E-state index in [1.54, 1.807) is 0 Å². The summed E-state index contributed by atoms with van der Waals surface area (Å²) >= 11 is 0. The number of hydrogen-bond donors (Lipinski definition) is 1. The SMILES string of the molecule is CCn1nc(Cc2ccccc2)cc1C1CCN(CC2CCN(C(CC(C)(C)C)C(=O)O)C2)CC1. The van der Waals surface area contributed by atoms with Crippen molar-refractivity contribution in [2.24, 2.45) is 11.3 Å². The van der Waals surface area contributed by atoms with Gasteiger partial charge in [-0.3, -0.25) is 14.4 Å². The van der Waals surface area contributed by atoms with Crippen LogP contribution in [0.5, 0.6) is 0 Å². The molecular formula is C29H44N4O2. The van der Waals surface area contributed by atoms with Gasteiger partial charge in [0.15, 0.2) is 0 Å². The second-order valence-corrected chi connectivity index (χ2v) is 11.9. The molecule has 2 aromatic rings. The van der Waals surface area contributed by atoms with Crippen LogP contribution < -0.4 is 0 Å². The van der Waals surface area contributed by atoms with E-state index < -0.39 is 5.97 Å². The van der Waals surface area contributed by atoms with Crippen LogP contribution in [-0.4, -0.2) is 69.4 Å². The van der Waals surface area contributed by atoms with Crippen molar-refractivity contribution < 1.29 is 9.90 Å². The highest BCUT2D eigenvalue weighted by Crippen LogP contribution is 2.32. The van der Waals surface area contributed by atoms with Gasteiger partial charge in [0.05, 0.1) is 5.69 Å². The smallest absolute Gasteiger partial charge is 0.320 e. The number of piperidine rings is 1. The second-order valence-electron chi connectivity index (χ2n) is 11.9. The normalized spacial score (nSPS) is 21.4. The van der Waals surface area contributed by atoms with Gasteiger partial charge in [-0.25, -0.2) is 0 Å². The van der Waals surface area contributed by atoms with Crippen molar-refractivity contribution in [1.82, 2.24) is 19.6 Å². The fourth-order valence-electron chi connectivity index (χ4n) is 5.98. The fourth-order valence-corrected chi connectivity index (χ4v) is 5.98. The van der Waals surface area contributed by atoms with E-state index in [1.807, 2.05) is 0 Å². The molecule has 0 bridgehead atoms. The summed E-state index contributed by atoms with van der Waals surface area (Å²) in [5.41, 5.74) is 3.91. The molecule has 2 unspecified atom stereocenters. The van der Waals surface area contributed by atoms with Crippen LogP contribution in [-0.2, 0) is 17.8 Å². The highest BCUT2D eigenvalue weighted by atomic mass is 16.4. The summed E-state index contributed by atoms with van der Waals surface area (Å²) < 4.78 is 2.22. The molecular weight excluding hydrogens is 436 g/mol.